The zero-order chi connectivity index (χ0) is 18.4. The highest BCUT2D eigenvalue weighted by Crippen LogP contribution is 2.27. The first-order valence-corrected chi connectivity index (χ1v) is 10.0. The number of hydrogen-bond donors (Lipinski definition) is 1. The third-order valence-electron chi connectivity index (χ3n) is 5.38. The van der Waals surface area contributed by atoms with E-state index in [1.807, 2.05) is 4.90 Å². The Labute approximate surface area is 156 Å². The van der Waals surface area contributed by atoms with Gasteiger partial charge in [0, 0.05) is 38.3 Å². The molecular formula is C21H31N3O2. The number of amides is 2. The number of carbonyl (C=O) groups is 2. The van der Waals surface area contributed by atoms with Gasteiger partial charge in [-0.05, 0) is 50.7 Å². The number of nitrogens with one attached hydrogen (secondary N) is 1. The predicted molar refractivity (Wildman–Crippen MR) is 104 cm³/mol. The highest BCUT2D eigenvalue weighted by Gasteiger charge is 2.19. The standard InChI is InChI=1S/C21H31N3O2/c1-17-9-10-19-18(15-17)7-5-13-24(19)16-20(25)22-11-6-14-23-12-4-2-3-8-21(23)26/h9-10,15H,2-8,11-14,16H2,1H3,(H,22,25). The molecule has 1 saturated heterocycles. The van der Waals surface area contributed by atoms with E-state index < -0.39 is 0 Å². The van der Waals surface area contributed by atoms with Crippen LogP contribution in [0.5, 0.6) is 0 Å². The third kappa shape index (κ3) is 4.99. The number of nitrogens with zero attached hydrogens (tertiary/aromatic N) is 2. The molecule has 1 aromatic rings. The van der Waals surface area contributed by atoms with Gasteiger partial charge in [0.1, 0.15) is 0 Å². The molecule has 5 heteroatoms. The average Bonchev–Trinajstić information content (AvgIpc) is 2.83. The van der Waals surface area contributed by atoms with Gasteiger partial charge in [0.25, 0.3) is 0 Å². The summed E-state index contributed by atoms with van der Waals surface area (Å²) in [6, 6.07) is 6.49. The fraction of sp³-hybridized carbons (Fsp3) is 0.619. The van der Waals surface area contributed by atoms with Crippen LogP contribution in [0.2, 0.25) is 0 Å². The fourth-order valence-electron chi connectivity index (χ4n) is 3.97. The zero-order valence-electron chi connectivity index (χ0n) is 15.9. The molecule has 142 valence electrons. The van der Waals surface area contributed by atoms with E-state index in [9.17, 15) is 9.59 Å². The van der Waals surface area contributed by atoms with Gasteiger partial charge < -0.3 is 15.1 Å². The van der Waals surface area contributed by atoms with Gasteiger partial charge in [0.05, 0.1) is 6.54 Å². The summed E-state index contributed by atoms with van der Waals surface area (Å²) in [7, 11) is 0. The van der Waals surface area contributed by atoms with Gasteiger partial charge in [-0.2, -0.15) is 0 Å². The van der Waals surface area contributed by atoms with Crippen molar-refractivity contribution in [3.05, 3.63) is 29.3 Å². The molecule has 2 heterocycles. The Bertz CT molecular complexity index is 644. The number of fused-ring (bicyclic) bond motifs is 1. The van der Waals surface area contributed by atoms with Gasteiger partial charge in [0.2, 0.25) is 11.8 Å². The van der Waals surface area contributed by atoms with Crippen molar-refractivity contribution < 1.29 is 9.59 Å². The van der Waals surface area contributed by atoms with Crippen LogP contribution >= 0.6 is 0 Å². The SMILES string of the molecule is Cc1ccc2c(c1)CCCN2CC(=O)NCCCN1CCCCCC1=O. The van der Waals surface area contributed by atoms with Crippen molar-refractivity contribution in [2.45, 2.75) is 51.9 Å². The summed E-state index contributed by atoms with van der Waals surface area (Å²) >= 11 is 0. The van der Waals surface area contributed by atoms with E-state index in [0.29, 0.717) is 19.5 Å². The number of aryl methyl sites for hydroxylation is 2. The van der Waals surface area contributed by atoms with Gasteiger partial charge in [-0.1, -0.05) is 24.1 Å². The van der Waals surface area contributed by atoms with E-state index in [0.717, 1.165) is 58.2 Å². The Balaban J connectivity index is 1.42. The number of carbonyl (C=O) groups excluding carboxylic acids is 2. The molecule has 3 rings (SSSR count). The van der Waals surface area contributed by atoms with Crippen molar-refractivity contribution in [1.29, 1.82) is 0 Å². The average molecular weight is 357 g/mol. The summed E-state index contributed by atoms with van der Waals surface area (Å²) in [4.78, 5) is 28.4. The van der Waals surface area contributed by atoms with Crippen LogP contribution in [0.25, 0.3) is 0 Å². The topological polar surface area (TPSA) is 52.7 Å². The fourth-order valence-corrected chi connectivity index (χ4v) is 3.97. The van der Waals surface area contributed by atoms with Gasteiger partial charge in [0.15, 0.2) is 0 Å². The van der Waals surface area contributed by atoms with Crippen LogP contribution in [-0.2, 0) is 16.0 Å². The van der Waals surface area contributed by atoms with E-state index in [-0.39, 0.29) is 11.8 Å². The molecule has 0 bridgehead atoms. The van der Waals surface area contributed by atoms with Crippen molar-refractivity contribution in [1.82, 2.24) is 10.2 Å². The molecule has 26 heavy (non-hydrogen) atoms. The van der Waals surface area contributed by atoms with Crippen LogP contribution in [0.4, 0.5) is 5.69 Å². The molecule has 0 saturated carbocycles. The Kier molecular flexibility index (Phi) is 6.53. The molecule has 0 aliphatic carbocycles. The molecule has 1 fully saturated rings. The molecule has 2 aliphatic rings. The van der Waals surface area contributed by atoms with Crippen molar-refractivity contribution in [3.63, 3.8) is 0 Å². The van der Waals surface area contributed by atoms with Crippen LogP contribution in [-0.4, -0.2) is 49.4 Å². The summed E-state index contributed by atoms with van der Waals surface area (Å²) in [6.07, 6.45) is 6.97. The number of hydrogen-bond acceptors (Lipinski definition) is 3. The van der Waals surface area contributed by atoms with Gasteiger partial charge in [-0.25, -0.2) is 0 Å². The van der Waals surface area contributed by atoms with E-state index >= 15 is 0 Å². The van der Waals surface area contributed by atoms with E-state index in [4.69, 9.17) is 0 Å². The predicted octanol–water partition coefficient (Wildman–Crippen LogP) is 2.66. The van der Waals surface area contributed by atoms with Crippen molar-refractivity contribution in [2.24, 2.45) is 0 Å². The molecular weight excluding hydrogens is 326 g/mol. The molecule has 0 aromatic heterocycles. The molecule has 0 unspecified atom stereocenters. The quantitative estimate of drug-likeness (QED) is 0.797. The molecule has 5 nitrogen and oxygen atoms in total. The monoisotopic (exact) mass is 357 g/mol. The van der Waals surface area contributed by atoms with Crippen molar-refractivity contribution in [2.75, 3.05) is 37.6 Å². The lowest BCUT2D eigenvalue weighted by atomic mass is 9.99. The summed E-state index contributed by atoms with van der Waals surface area (Å²) in [5, 5.41) is 3.02. The second kappa shape index (κ2) is 9.06. The number of benzene rings is 1. The Morgan fingerprint density at radius 1 is 1.08 bits per heavy atom. The Morgan fingerprint density at radius 2 is 1.92 bits per heavy atom. The maximum Gasteiger partial charge on any atom is 0.239 e. The van der Waals surface area contributed by atoms with Crippen LogP contribution in [0.15, 0.2) is 18.2 Å². The molecule has 0 atom stereocenters. The minimum absolute atomic E-state index is 0.0700. The van der Waals surface area contributed by atoms with E-state index in [1.165, 1.54) is 16.8 Å². The first-order valence-electron chi connectivity index (χ1n) is 10.0. The van der Waals surface area contributed by atoms with Crippen LogP contribution in [0.1, 0.15) is 49.7 Å². The molecule has 0 radical (unpaired) electrons. The second-order valence-electron chi connectivity index (χ2n) is 7.55. The van der Waals surface area contributed by atoms with Crippen LogP contribution in [0, 0.1) is 6.92 Å². The summed E-state index contributed by atoms with van der Waals surface area (Å²) in [6.45, 7) is 5.73. The second-order valence-corrected chi connectivity index (χ2v) is 7.55. The summed E-state index contributed by atoms with van der Waals surface area (Å²) < 4.78 is 0. The Hall–Kier alpha value is -2.04. The molecule has 0 spiro atoms. The minimum Gasteiger partial charge on any atom is -0.362 e. The maximum atomic E-state index is 12.3. The first kappa shape index (κ1) is 18.7. The summed E-state index contributed by atoms with van der Waals surface area (Å²) in [5.41, 5.74) is 3.83. The lowest BCUT2D eigenvalue weighted by Gasteiger charge is -2.31. The number of likely N-dealkylation sites (tertiary alicyclic amines) is 1. The maximum absolute atomic E-state index is 12.3. The van der Waals surface area contributed by atoms with Crippen molar-refractivity contribution >= 4 is 17.5 Å². The van der Waals surface area contributed by atoms with Crippen molar-refractivity contribution in [3.8, 4) is 0 Å². The zero-order valence-corrected chi connectivity index (χ0v) is 15.9. The minimum atomic E-state index is 0.0700. The van der Waals surface area contributed by atoms with Gasteiger partial charge in [-0.3, -0.25) is 9.59 Å². The largest absolute Gasteiger partial charge is 0.362 e. The number of anilines is 1. The van der Waals surface area contributed by atoms with Gasteiger partial charge >= 0.3 is 0 Å². The van der Waals surface area contributed by atoms with E-state index in [2.05, 4.69) is 35.3 Å². The summed E-state index contributed by atoms with van der Waals surface area (Å²) in [5.74, 6) is 0.342. The third-order valence-corrected chi connectivity index (χ3v) is 5.38. The first-order chi connectivity index (χ1) is 12.6. The van der Waals surface area contributed by atoms with Gasteiger partial charge in [-0.15, -0.1) is 0 Å². The van der Waals surface area contributed by atoms with Crippen LogP contribution in [0.3, 0.4) is 0 Å². The van der Waals surface area contributed by atoms with E-state index in [1.54, 1.807) is 0 Å². The normalized spacial score (nSPS) is 17.7. The number of rotatable bonds is 6. The lowest BCUT2D eigenvalue weighted by molar-refractivity contribution is -0.130. The lowest BCUT2D eigenvalue weighted by Crippen LogP contribution is -2.41. The molecule has 1 aromatic carbocycles. The molecule has 2 amide bonds. The van der Waals surface area contributed by atoms with Crippen LogP contribution < -0.4 is 10.2 Å². The molecule has 2 aliphatic heterocycles. The Morgan fingerprint density at radius 3 is 2.81 bits per heavy atom. The smallest absolute Gasteiger partial charge is 0.239 e. The highest BCUT2D eigenvalue weighted by molar-refractivity contribution is 5.82. The molecule has 1 N–H and O–H groups in total. The highest BCUT2D eigenvalue weighted by atomic mass is 16.2.